The summed E-state index contributed by atoms with van der Waals surface area (Å²) in [5, 5.41) is 2.74. The highest BCUT2D eigenvalue weighted by Gasteiger charge is 2.13. The number of nitrogens with zero attached hydrogens (tertiary/aromatic N) is 2. The zero-order valence-electron chi connectivity index (χ0n) is 11.3. The van der Waals surface area contributed by atoms with Gasteiger partial charge in [0.05, 0.1) is 30.3 Å². The summed E-state index contributed by atoms with van der Waals surface area (Å²) in [7, 11) is 0. The molecule has 1 aliphatic heterocycles. The highest BCUT2D eigenvalue weighted by molar-refractivity contribution is 7.99. The van der Waals surface area contributed by atoms with Crippen molar-refractivity contribution in [3.63, 3.8) is 0 Å². The largest absolute Gasteiger partial charge is 0.378 e. The van der Waals surface area contributed by atoms with Crippen LogP contribution in [0.2, 0.25) is 0 Å². The van der Waals surface area contributed by atoms with Crippen molar-refractivity contribution >= 4 is 29.2 Å². The molecule has 0 unspecified atom stereocenters. The van der Waals surface area contributed by atoms with E-state index in [4.69, 9.17) is 4.74 Å². The predicted octanol–water partition coefficient (Wildman–Crippen LogP) is 1.61. The Labute approximate surface area is 117 Å². The summed E-state index contributed by atoms with van der Waals surface area (Å²) in [5.74, 6) is 0.585. The number of carbonyl (C=O) groups excluding carboxylic acids is 1. The quantitative estimate of drug-likeness (QED) is 0.908. The second-order valence-corrected chi connectivity index (χ2v) is 5.55. The minimum atomic E-state index is -0.0688. The number of carbonyl (C=O) groups is 1. The summed E-state index contributed by atoms with van der Waals surface area (Å²) >= 11 is 1.52. The SMILES string of the molecule is CS[C@H](C)C(=O)Nc1ccc(N2CCOCC2)cn1. The molecular formula is C13H19N3O2S. The smallest absolute Gasteiger partial charge is 0.238 e. The molecular weight excluding hydrogens is 262 g/mol. The van der Waals surface area contributed by atoms with Crippen LogP contribution in [0.1, 0.15) is 6.92 Å². The molecule has 0 aliphatic carbocycles. The maximum atomic E-state index is 11.7. The van der Waals surface area contributed by atoms with Crippen LogP contribution in [-0.4, -0.2) is 48.7 Å². The Morgan fingerprint density at radius 2 is 2.21 bits per heavy atom. The lowest BCUT2D eigenvalue weighted by Crippen LogP contribution is -2.36. The van der Waals surface area contributed by atoms with Crippen molar-refractivity contribution in [1.29, 1.82) is 0 Å². The first kappa shape index (κ1) is 14.1. The van der Waals surface area contributed by atoms with Crippen LogP contribution in [0.5, 0.6) is 0 Å². The lowest BCUT2D eigenvalue weighted by molar-refractivity contribution is -0.115. The molecule has 0 aromatic carbocycles. The van der Waals surface area contributed by atoms with Crippen LogP contribution in [-0.2, 0) is 9.53 Å². The van der Waals surface area contributed by atoms with Gasteiger partial charge in [-0.05, 0) is 25.3 Å². The zero-order valence-corrected chi connectivity index (χ0v) is 12.1. The van der Waals surface area contributed by atoms with Crippen molar-refractivity contribution in [2.75, 3.05) is 42.8 Å². The normalized spacial score (nSPS) is 17.1. The summed E-state index contributed by atoms with van der Waals surface area (Å²) in [6.45, 7) is 5.16. The van der Waals surface area contributed by atoms with E-state index in [1.165, 1.54) is 11.8 Å². The van der Waals surface area contributed by atoms with E-state index < -0.39 is 0 Å². The summed E-state index contributed by atoms with van der Waals surface area (Å²) in [6.07, 6.45) is 3.71. The molecule has 5 nitrogen and oxygen atoms in total. The van der Waals surface area contributed by atoms with Crippen LogP contribution < -0.4 is 10.2 Å². The molecule has 1 aromatic heterocycles. The van der Waals surface area contributed by atoms with Crippen molar-refractivity contribution < 1.29 is 9.53 Å². The average molecular weight is 281 g/mol. The second-order valence-electron chi connectivity index (χ2n) is 4.37. The molecule has 6 heteroatoms. The molecule has 1 atom stereocenters. The number of thioether (sulfide) groups is 1. The Bertz CT molecular complexity index is 418. The Morgan fingerprint density at radius 3 is 2.79 bits per heavy atom. The van der Waals surface area contributed by atoms with Crippen LogP contribution in [0.15, 0.2) is 18.3 Å². The third-order valence-corrected chi connectivity index (χ3v) is 4.02. The Kier molecular flexibility index (Phi) is 5.04. The van der Waals surface area contributed by atoms with Gasteiger partial charge in [0.2, 0.25) is 5.91 Å². The Balaban J connectivity index is 1.96. The molecule has 2 heterocycles. The topological polar surface area (TPSA) is 54.5 Å². The maximum Gasteiger partial charge on any atom is 0.238 e. The molecule has 0 spiro atoms. The minimum Gasteiger partial charge on any atom is -0.378 e. The fourth-order valence-electron chi connectivity index (χ4n) is 1.80. The van der Waals surface area contributed by atoms with Crippen molar-refractivity contribution in [2.45, 2.75) is 12.2 Å². The van der Waals surface area contributed by atoms with Gasteiger partial charge in [-0.2, -0.15) is 11.8 Å². The van der Waals surface area contributed by atoms with E-state index in [1.807, 2.05) is 25.3 Å². The fraction of sp³-hybridized carbons (Fsp3) is 0.538. The lowest BCUT2D eigenvalue weighted by atomic mass is 10.3. The van der Waals surface area contributed by atoms with Crippen molar-refractivity contribution in [3.8, 4) is 0 Å². The molecule has 0 saturated carbocycles. The average Bonchev–Trinajstić information content (AvgIpc) is 2.48. The molecule has 0 radical (unpaired) electrons. The Hall–Kier alpha value is -1.27. The first-order valence-electron chi connectivity index (χ1n) is 6.33. The van der Waals surface area contributed by atoms with E-state index in [1.54, 1.807) is 6.20 Å². The number of pyridine rings is 1. The van der Waals surface area contributed by atoms with Gasteiger partial charge in [0.1, 0.15) is 5.82 Å². The van der Waals surface area contributed by atoms with Crippen molar-refractivity contribution in [1.82, 2.24) is 4.98 Å². The van der Waals surface area contributed by atoms with Gasteiger partial charge in [-0.3, -0.25) is 4.79 Å². The van der Waals surface area contributed by atoms with E-state index in [-0.39, 0.29) is 11.2 Å². The van der Waals surface area contributed by atoms with Crippen LogP contribution >= 0.6 is 11.8 Å². The molecule has 104 valence electrons. The molecule has 1 amide bonds. The summed E-state index contributed by atoms with van der Waals surface area (Å²) in [4.78, 5) is 18.2. The number of aromatic nitrogens is 1. The zero-order chi connectivity index (χ0) is 13.7. The number of anilines is 2. The number of rotatable bonds is 4. The van der Waals surface area contributed by atoms with Crippen molar-refractivity contribution in [2.24, 2.45) is 0 Å². The van der Waals surface area contributed by atoms with Gasteiger partial charge in [0, 0.05) is 13.1 Å². The maximum absolute atomic E-state index is 11.7. The van der Waals surface area contributed by atoms with Gasteiger partial charge >= 0.3 is 0 Å². The number of amides is 1. The van der Waals surface area contributed by atoms with Gasteiger partial charge in [-0.1, -0.05) is 0 Å². The first-order valence-corrected chi connectivity index (χ1v) is 7.62. The van der Waals surface area contributed by atoms with E-state index in [9.17, 15) is 4.79 Å². The second kappa shape index (κ2) is 6.77. The van der Waals surface area contributed by atoms with E-state index in [0.717, 1.165) is 32.0 Å². The highest BCUT2D eigenvalue weighted by atomic mass is 32.2. The van der Waals surface area contributed by atoms with Crippen LogP contribution in [0.4, 0.5) is 11.5 Å². The van der Waals surface area contributed by atoms with Gasteiger partial charge in [0.15, 0.2) is 0 Å². The Morgan fingerprint density at radius 1 is 1.47 bits per heavy atom. The number of nitrogens with one attached hydrogen (secondary N) is 1. The molecule has 1 fully saturated rings. The summed E-state index contributed by atoms with van der Waals surface area (Å²) < 4.78 is 5.31. The van der Waals surface area contributed by atoms with E-state index >= 15 is 0 Å². The third kappa shape index (κ3) is 3.84. The summed E-state index contributed by atoms with van der Waals surface area (Å²) in [5.41, 5.74) is 1.07. The molecule has 1 aliphatic rings. The van der Waals surface area contributed by atoms with Crippen LogP contribution in [0.25, 0.3) is 0 Å². The number of morpholine rings is 1. The first-order chi connectivity index (χ1) is 9.20. The molecule has 1 N–H and O–H groups in total. The van der Waals surface area contributed by atoms with E-state index in [2.05, 4.69) is 15.2 Å². The monoisotopic (exact) mass is 281 g/mol. The molecule has 1 aromatic rings. The van der Waals surface area contributed by atoms with Gasteiger partial charge in [-0.15, -0.1) is 0 Å². The number of hydrogen-bond donors (Lipinski definition) is 1. The molecule has 1 saturated heterocycles. The van der Waals surface area contributed by atoms with Gasteiger partial charge in [-0.25, -0.2) is 4.98 Å². The van der Waals surface area contributed by atoms with Crippen LogP contribution in [0, 0.1) is 0 Å². The lowest BCUT2D eigenvalue weighted by Gasteiger charge is -2.28. The molecule has 0 bridgehead atoms. The van der Waals surface area contributed by atoms with Crippen molar-refractivity contribution in [3.05, 3.63) is 18.3 Å². The third-order valence-electron chi connectivity index (χ3n) is 3.10. The highest BCUT2D eigenvalue weighted by Crippen LogP contribution is 2.17. The fourth-order valence-corrected chi connectivity index (χ4v) is 2.08. The predicted molar refractivity (Wildman–Crippen MR) is 78.9 cm³/mol. The van der Waals surface area contributed by atoms with Crippen LogP contribution in [0.3, 0.4) is 0 Å². The molecule has 19 heavy (non-hydrogen) atoms. The standard InChI is InChI=1S/C13H19N3O2S/c1-10(19-2)13(17)15-12-4-3-11(9-14-12)16-5-7-18-8-6-16/h3-4,9-10H,5-8H2,1-2H3,(H,14,15,17)/t10-/m1/s1. The van der Waals surface area contributed by atoms with Gasteiger partial charge in [0.25, 0.3) is 0 Å². The number of hydrogen-bond acceptors (Lipinski definition) is 5. The minimum absolute atomic E-state index is 0.0147. The summed E-state index contributed by atoms with van der Waals surface area (Å²) in [6, 6.07) is 3.83. The molecule has 2 rings (SSSR count). The van der Waals surface area contributed by atoms with Gasteiger partial charge < -0.3 is 15.0 Å². The van der Waals surface area contributed by atoms with E-state index in [0.29, 0.717) is 5.82 Å². The number of ether oxygens (including phenoxy) is 1.